The van der Waals surface area contributed by atoms with E-state index in [9.17, 15) is 8.78 Å². The lowest BCUT2D eigenvalue weighted by Crippen LogP contribution is -2.40. The average molecular weight is 295 g/mol. The maximum Gasteiger partial charge on any atom is 0.129 e. The van der Waals surface area contributed by atoms with Crippen molar-refractivity contribution >= 4 is 0 Å². The number of hydrogen-bond acceptors (Lipinski definition) is 1. The van der Waals surface area contributed by atoms with Crippen molar-refractivity contribution in [3.05, 3.63) is 35.4 Å². The normalized spacial score (nSPS) is 20.4. The van der Waals surface area contributed by atoms with Gasteiger partial charge in [-0.05, 0) is 61.6 Å². The van der Waals surface area contributed by atoms with E-state index in [1.165, 1.54) is 31.7 Å². The van der Waals surface area contributed by atoms with Gasteiger partial charge < -0.3 is 5.32 Å². The second-order valence-electron chi connectivity index (χ2n) is 7.11. The van der Waals surface area contributed by atoms with Crippen LogP contribution in [0.2, 0.25) is 0 Å². The third-order valence-corrected chi connectivity index (χ3v) is 4.87. The van der Waals surface area contributed by atoms with Crippen LogP contribution in [-0.2, 0) is 6.42 Å². The molecule has 0 aromatic heterocycles. The first-order chi connectivity index (χ1) is 9.91. The molecule has 1 fully saturated rings. The van der Waals surface area contributed by atoms with Gasteiger partial charge in [-0.2, -0.15) is 0 Å². The van der Waals surface area contributed by atoms with E-state index in [2.05, 4.69) is 26.1 Å². The predicted octanol–water partition coefficient (Wildman–Crippen LogP) is 4.70. The van der Waals surface area contributed by atoms with E-state index >= 15 is 0 Å². The number of hydrogen-bond donors (Lipinski definition) is 1. The van der Waals surface area contributed by atoms with Gasteiger partial charge in [-0.3, -0.25) is 0 Å². The molecule has 0 bridgehead atoms. The van der Waals surface area contributed by atoms with Crippen molar-refractivity contribution in [3.63, 3.8) is 0 Å². The fourth-order valence-electron chi connectivity index (χ4n) is 3.42. The van der Waals surface area contributed by atoms with Crippen LogP contribution in [0.4, 0.5) is 8.78 Å². The first kappa shape index (κ1) is 16.4. The monoisotopic (exact) mass is 295 g/mol. The van der Waals surface area contributed by atoms with Gasteiger partial charge in [0, 0.05) is 12.1 Å². The lowest BCUT2D eigenvalue weighted by atomic mass is 9.70. The molecular weight excluding hydrogens is 268 g/mol. The zero-order valence-electron chi connectivity index (χ0n) is 13.4. The Bertz CT molecular complexity index is 460. The van der Waals surface area contributed by atoms with Crippen LogP contribution in [0.25, 0.3) is 0 Å². The maximum atomic E-state index is 13.9. The van der Waals surface area contributed by atoms with Crippen molar-refractivity contribution in [2.75, 3.05) is 6.54 Å². The highest BCUT2D eigenvalue weighted by atomic mass is 19.1. The van der Waals surface area contributed by atoms with Crippen LogP contribution >= 0.6 is 0 Å². The summed E-state index contributed by atoms with van der Waals surface area (Å²) in [6, 6.07) is 4.21. The lowest BCUT2D eigenvalue weighted by molar-refractivity contribution is 0.161. The molecule has 1 aromatic carbocycles. The van der Waals surface area contributed by atoms with Crippen molar-refractivity contribution in [2.45, 2.75) is 58.9 Å². The summed E-state index contributed by atoms with van der Waals surface area (Å²) >= 11 is 0. The van der Waals surface area contributed by atoms with Crippen molar-refractivity contribution in [2.24, 2.45) is 11.3 Å². The van der Waals surface area contributed by atoms with Gasteiger partial charge in [0.2, 0.25) is 0 Å². The number of halogens is 2. The van der Waals surface area contributed by atoms with E-state index in [0.29, 0.717) is 23.3 Å². The molecule has 1 aliphatic carbocycles. The fourth-order valence-corrected chi connectivity index (χ4v) is 3.42. The molecule has 1 nitrogen and oxygen atoms in total. The van der Waals surface area contributed by atoms with Crippen LogP contribution in [0.5, 0.6) is 0 Å². The van der Waals surface area contributed by atoms with Crippen LogP contribution < -0.4 is 5.32 Å². The Kier molecular flexibility index (Phi) is 5.37. The fraction of sp³-hybridized carbons (Fsp3) is 0.667. The van der Waals surface area contributed by atoms with Crippen LogP contribution in [-0.4, -0.2) is 12.6 Å². The summed E-state index contributed by atoms with van der Waals surface area (Å²) in [5, 5.41) is 3.51. The third-order valence-electron chi connectivity index (χ3n) is 4.87. The Balaban J connectivity index is 2.05. The number of rotatable bonds is 5. The van der Waals surface area contributed by atoms with Gasteiger partial charge in [0.05, 0.1) is 0 Å². The van der Waals surface area contributed by atoms with E-state index in [4.69, 9.17) is 0 Å². The standard InChI is InChI=1S/C18H27F2N/c1-4-21-17(13-7-9-18(2,3)10-8-13)11-14-5-6-15(19)12-16(14)20/h5-6,12-13,17,21H,4,7-11H2,1-3H3. The minimum absolute atomic E-state index is 0.283. The molecule has 0 saturated heterocycles. The zero-order chi connectivity index (χ0) is 15.5. The van der Waals surface area contributed by atoms with Crippen LogP contribution in [0, 0.1) is 23.0 Å². The smallest absolute Gasteiger partial charge is 0.129 e. The summed E-state index contributed by atoms with van der Waals surface area (Å²) in [6.07, 6.45) is 5.48. The summed E-state index contributed by atoms with van der Waals surface area (Å²) in [5.41, 5.74) is 1.06. The summed E-state index contributed by atoms with van der Waals surface area (Å²) in [5.74, 6) is -0.341. The van der Waals surface area contributed by atoms with Crippen molar-refractivity contribution < 1.29 is 8.78 Å². The van der Waals surface area contributed by atoms with Gasteiger partial charge in [-0.1, -0.05) is 26.8 Å². The van der Waals surface area contributed by atoms with E-state index in [1.807, 2.05) is 0 Å². The largest absolute Gasteiger partial charge is 0.314 e. The first-order valence-electron chi connectivity index (χ1n) is 8.08. The van der Waals surface area contributed by atoms with Crippen molar-refractivity contribution in [1.29, 1.82) is 0 Å². The summed E-state index contributed by atoms with van der Waals surface area (Å²) in [7, 11) is 0. The SMILES string of the molecule is CCNC(Cc1ccc(F)cc1F)C1CCC(C)(C)CC1. The second kappa shape index (κ2) is 6.87. The molecule has 2 rings (SSSR count). The first-order valence-corrected chi connectivity index (χ1v) is 8.08. The summed E-state index contributed by atoms with van der Waals surface area (Å²) in [4.78, 5) is 0. The highest BCUT2D eigenvalue weighted by molar-refractivity contribution is 5.20. The van der Waals surface area contributed by atoms with Gasteiger partial charge in [0.25, 0.3) is 0 Å². The minimum Gasteiger partial charge on any atom is -0.314 e. The summed E-state index contributed by atoms with van der Waals surface area (Å²) in [6.45, 7) is 7.62. The Hall–Kier alpha value is -0.960. The van der Waals surface area contributed by atoms with E-state index < -0.39 is 11.6 Å². The predicted molar refractivity (Wildman–Crippen MR) is 83.3 cm³/mol. The van der Waals surface area contributed by atoms with Gasteiger partial charge >= 0.3 is 0 Å². The van der Waals surface area contributed by atoms with E-state index in [-0.39, 0.29) is 6.04 Å². The van der Waals surface area contributed by atoms with Crippen LogP contribution in [0.3, 0.4) is 0 Å². The zero-order valence-corrected chi connectivity index (χ0v) is 13.4. The van der Waals surface area contributed by atoms with Crippen LogP contribution in [0.15, 0.2) is 18.2 Å². The molecule has 118 valence electrons. The topological polar surface area (TPSA) is 12.0 Å². The molecule has 0 heterocycles. The average Bonchev–Trinajstić information content (AvgIpc) is 2.41. The van der Waals surface area contributed by atoms with Crippen molar-refractivity contribution in [1.82, 2.24) is 5.32 Å². The molecule has 1 N–H and O–H groups in total. The highest BCUT2D eigenvalue weighted by Gasteiger charge is 2.31. The molecule has 1 saturated carbocycles. The Morgan fingerprint density at radius 2 is 1.90 bits per heavy atom. The molecule has 1 aliphatic rings. The quantitative estimate of drug-likeness (QED) is 0.830. The Morgan fingerprint density at radius 3 is 2.48 bits per heavy atom. The molecule has 0 amide bonds. The van der Waals surface area contributed by atoms with E-state index in [1.54, 1.807) is 6.07 Å². The van der Waals surface area contributed by atoms with Gasteiger partial charge in [0.15, 0.2) is 0 Å². The van der Waals surface area contributed by atoms with Gasteiger partial charge in [0.1, 0.15) is 11.6 Å². The molecule has 1 unspecified atom stereocenters. The number of likely N-dealkylation sites (N-methyl/N-ethyl adjacent to an activating group) is 1. The number of nitrogens with one attached hydrogen (secondary N) is 1. The molecule has 0 radical (unpaired) electrons. The van der Waals surface area contributed by atoms with Gasteiger partial charge in [-0.25, -0.2) is 8.78 Å². The Morgan fingerprint density at radius 1 is 1.24 bits per heavy atom. The molecule has 0 aliphatic heterocycles. The molecular formula is C18H27F2N. The Labute approximate surface area is 127 Å². The van der Waals surface area contributed by atoms with Crippen LogP contribution in [0.1, 0.15) is 52.0 Å². The maximum absolute atomic E-state index is 13.9. The molecule has 1 aromatic rings. The molecule has 3 heteroatoms. The summed E-state index contributed by atoms with van der Waals surface area (Å²) < 4.78 is 26.9. The molecule has 0 spiro atoms. The third kappa shape index (κ3) is 4.50. The van der Waals surface area contributed by atoms with E-state index in [0.717, 1.165) is 12.6 Å². The molecule has 21 heavy (non-hydrogen) atoms. The minimum atomic E-state index is -0.504. The second-order valence-corrected chi connectivity index (χ2v) is 7.11. The van der Waals surface area contributed by atoms with Crippen molar-refractivity contribution in [3.8, 4) is 0 Å². The molecule has 1 atom stereocenters. The lowest BCUT2D eigenvalue weighted by Gasteiger charge is -2.38. The number of benzene rings is 1. The highest BCUT2D eigenvalue weighted by Crippen LogP contribution is 2.39. The van der Waals surface area contributed by atoms with Gasteiger partial charge in [-0.15, -0.1) is 0 Å².